The van der Waals surface area contributed by atoms with Crippen molar-refractivity contribution in [2.45, 2.75) is 25.1 Å². The van der Waals surface area contributed by atoms with Gasteiger partial charge in [0.05, 0.1) is 23.4 Å². The van der Waals surface area contributed by atoms with Crippen LogP contribution in [0.5, 0.6) is 0 Å². The minimum Gasteiger partial charge on any atom is -0.325 e. The quantitative estimate of drug-likeness (QED) is 0.391. The summed E-state index contributed by atoms with van der Waals surface area (Å²) in [6.07, 6.45) is -15.7. The number of nitrogens with one attached hydrogen (secondary N) is 1. The molecule has 182 valence electrons. The summed E-state index contributed by atoms with van der Waals surface area (Å²) in [5, 5.41) is 0.611. The summed E-state index contributed by atoms with van der Waals surface area (Å²) in [5.41, 5.74) is -7.45. The third kappa shape index (κ3) is 5.46. The maximum absolute atomic E-state index is 13.5. The van der Waals surface area contributed by atoms with Crippen molar-refractivity contribution >= 4 is 23.2 Å². The highest BCUT2D eigenvalue weighted by molar-refractivity contribution is 6.31. The Balaban J connectivity index is 2.22. The van der Waals surface area contributed by atoms with Gasteiger partial charge in [0.1, 0.15) is 5.02 Å². The van der Waals surface area contributed by atoms with Crippen molar-refractivity contribution in [1.29, 1.82) is 0 Å². The summed E-state index contributed by atoms with van der Waals surface area (Å²) >= 11 is 5.55. The molecule has 14 heteroatoms. The van der Waals surface area contributed by atoms with Crippen molar-refractivity contribution in [3.8, 4) is 0 Å². The summed E-state index contributed by atoms with van der Waals surface area (Å²) in [7, 11) is 0. The van der Waals surface area contributed by atoms with Crippen LogP contribution in [0.1, 0.15) is 22.4 Å². The molecule has 0 amide bonds. The monoisotopic (exact) mass is 515 g/mol. The minimum absolute atomic E-state index is 0.206. The Morgan fingerprint density at radius 3 is 2.00 bits per heavy atom. The second kappa shape index (κ2) is 8.85. The first-order chi connectivity index (χ1) is 15.6. The Kier molecular flexibility index (Phi) is 6.62. The molecule has 0 bridgehead atoms. The van der Waals surface area contributed by atoms with E-state index in [1.165, 1.54) is 24.3 Å². The zero-order chi connectivity index (χ0) is 25.5. The molecule has 3 rings (SSSR count). The number of rotatable bonds is 4. The van der Waals surface area contributed by atoms with E-state index in [-0.39, 0.29) is 6.07 Å². The van der Waals surface area contributed by atoms with Crippen LogP contribution in [0.25, 0.3) is 0 Å². The molecule has 3 aromatic rings. The van der Waals surface area contributed by atoms with Crippen molar-refractivity contribution in [3.05, 3.63) is 86.3 Å². The minimum atomic E-state index is -5.33. The molecule has 0 fully saturated rings. The number of benzene rings is 2. The Morgan fingerprint density at radius 2 is 1.47 bits per heavy atom. The lowest BCUT2D eigenvalue weighted by Crippen LogP contribution is -2.29. The Labute approximate surface area is 189 Å². The van der Waals surface area contributed by atoms with E-state index in [0.717, 1.165) is 0 Å². The third-order valence-electron chi connectivity index (χ3n) is 4.46. The van der Waals surface area contributed by atoms with E-state index in [4.69, 9.17) is 11.6 Å². The van der Waals surface area contributed by atoms with Crippen LogP contribution in [0.2, 0.25) is 5.02 Å². The van der Waals surface area contributed by atoms with Gasteiger partial charge in [0, 0.05) is 0 Å². The van der Waals surface area contributed by atoms with Crippen molar-refractivity contribution in [2.24, 2.45) is 0 Å². The molecule has 0 unspecified atom stereocenters. The highest BCUT2D eigenvalue weighted by Crippen LogP contribution is 2.40. The molecule has 0 radical (unpaired) electrons. The molecule has 0 aliphatic heterocycles. The Hall–Kier alpha value is -3.22. The van der Waals surface area contributed by atoms with E-state index < -0.39 is 64.1 Å². The van der Waals surface area contributed by atoms with Crippen LogP contribution < -0.4 is 10.9 Å². The fourth-order valence-electron chi connectivity index (χ4n) is 2.91. The molecular formula is C20H11ClF9N3O. The van der Waals surface area contributed by atoms with Gasteiger partial charge in [0.25, 0.3) is 5.56 Å². The summed E-state index contributed by atoms with van der Waals surface area (Å²) in [5.74, 6) is -1.00. The van der Waals surface area contributed by atoms with Crippen LogP contribution in [0.15, 0.2) is 53.3 Å². The van der Waals surface area contributed by atoms with E-state index in [1.807, 2.05) is 5.32 Å². The molecular weight excluding hydrogens is 505 g/mol. The maximum atomic E-state index is 13.5. The molecule has 0 saturated carbocycles. The van der Waals surface area contributed by atoms with Crippen LogP contribution in [0, 0.1) is 0 Å². The molecule has 1 heterocycles. The summed E-state index contributed by atoms with van der Waals surface area (Å²) in [6.45, 7) is -0.450. The first kappa shape index (κ1) is 25.4. The zero-order valence-electron chi connectivity index (χ0n) is 16.4. The van der Waals surface area contributed by atoms with Crippen LogP contribution >= 0.6 is 11.6 Å². The van der Waals surface area contributed by atoms with Gasteiger partial charge in [0.2, 0.25) is 5.95 Å². The predicted molar refractivity (Wildman–Crippen MR) is 104 cm³/mol. The maximum Gasteiger partial charge on any atom is 0.435 e. The topological polar surface area (TPSA) is 46.9 Å². The molecule has 0 atom stereocenters. The van der Waals surface area contributed by atoms with Crippen LogP contribution in [0.3, 0.4) is 0 Å². The average Bonchev–Trinajstić information content (AvgIpc) is 2.71. The van der Waals surface area contributed by atoms with E-state index in [1.54, 1.807) is 6.07 Å². The number of anilines is 2. The van der Waals surface area contributed by atoms with Gasteiger partial charge in [-0.15, -0.1) is 0 Å². The molecule has 0 aliphatic carbocycles. The first-order valence-electron chi connectivity index (χ1n) is 9.06. The van der Waals surface area contributed by atoms with Crippen molar-refractivity contribution < 1.29 is 39.5 Å². The lowest BCUT2D eigenvalue weighted by Gasteiger charge is -2.20. The second-order valence-electron chi connectivity index (χ2n) is 6.85. The lowest BCUT2D eigenvalue weighted by molar-refractivity contribution is -0.143. The van der Waals surface area contributed by atoms with Crippen molar-refractivity contribution in [2.75, 3.05) is 5.32 Å². The van der Waals surface area contributed by atoms with Gasteiger partial charge in [-0.25, -0.2) is 4.98 Å². The molecule has 2 aromatic carbocycles. The summed E-state index contributed by atoms with van der Waals surface area (Å²) < 4.78 is 120. The van der Waals surface area contributed by atoms with Crippen LogP contribution in [-0.2, 0) is 25.1 Å². The Morgan fingerprint density at radius 1 is 0.853 bits per heavy atom. The van der Waals surface area contributed by atoms with E-state index in [9.17, 15) is 44.3 Å². The number of aromatic nitrogens is 2. The zero-order valence-corrected chi connectivity index (χ0v) is 17.2. The van der Waals surface area contributed by atoms with Gasteiger partial charge in [-0.3, -0.25) is 9.36 Å². The highest BCUT2D eigenvalue weighted by atomic mass is 35.5. The third-order valence-corrected chi connectivity index (χ3v) is 4.81. The average molecular weight is 516 g/mol. The standard InChI is InChI=1S/C20H11ClF9N3O/c21-14-15(20(28,29)30)32-17(33(16(14)34)9-10-4-2-1-3-5-10)31-13-7-6-11(18(22,23)24)8-12(13)19(25,26)27/h1-8H,9H2,(H,31,32). The van der Waals surface area contributed by atoms with Crippen LogP contribution in [0.4, 0.5) is 51.1 Å². The summed E-state index contributed by atoms with van der Waals surface area (Å²) in [6, 6.07) is 8.09. The number of nitrogens with zero attached hydrogens (tertiary/aromatic N) is 2. The van der Waals surface area contributed by atoms with Gasteiger partial charge in [0.15, 0.2) is 5.69 Å². The molecule has 0 spiro atoms. The molecule has 0 saturated heterocycles. The van der Waals surface area contributed by atoms with E-state index in [2.05, 4.69) is 4.98 Å². The predicted octanol–water partition coefficient (Wildman–Crippen LogP) is 6.75. The largest absolute Gasteiger partial charge is 0.435 e. The van der Waals surface area contributed by atoms with Crippen molar-refractivity contribution in [1.82, 2.24) is 9.55 Å². The lowest BCUT2D eigenvalue weighted by atomic mass is 10.1. The normalized spacial score (nSPS) is 12.6. The smallest absolute Gasteiger partial charge is 0.325 e. The fraction of sp³-hybridized carbons (Fsp3) is 0.200. The SMILES string of the molecule is O=c1c(Cl)c(C(F)(F)F)nc(Nc2ccc(C(F)(F)F)cc2C(F)(F)F)n1Cc1ccccc1. The van der Waals surface area contributed by atoms with E-state index >= 15 is 0 Å². The van der Waals surface area contributed by atoms with Crippen LogP contribution in [-0.4, -0.2) is 9.55 Å². The van der Waals surface area contributed by atoms with Gasteiger partial charge in [-0.05, 0) is 23.8 Å². The number of halogens is 10. The number of hydrogen-bond acceptors (Lipinski definition) is 3. The summed E-state index contributed by atoms with van der Waals surface area (Å²) in [4.78, 5) is 15.8. The van der Waals surface area contributed by atoms with E-state index in [0.29, 0.717) is 22.3 Å². The number of alkyl halides is 9. The molecule has 0 aliphatic rings. The highest BCUT2D eigenvalue weighted by Gasteiger charge is 2.40. The molecule has 4 nitrogen and oxygen atoms in total. The molecule has 34 heavy (non-hydrogen) atoms. The first-order valence-corrected chi connectivity index (χ1v) is 9.43. The molecule has 1 N–H and O–H groups in total. The molecule has 1 aromatic heterocycles. The Bertz CT molecular complexity index is 1250. The van der Waals surface area contributed by atoms with Gasteiger partial charge >= 0.3 is 18.5 Å². The fourth-order valence-corrected chi connectivity index (χ4v) is 3.16. The van der Waals surface area contributed by atoms with Crippen molar-refractivity contribution in [3.63, 3.8) is 0 Å². The van der Waals surface area contributed by atoms with Gasteiger partial charge in [-0.2, -0.15) is 39.5 Å². The van der Waals surface area contributed by atoms with Gasteiger partial charge in [-0.1, -0.05) is 41.9 Å². The van der Waals surface area contributed by atoms with Gasteiger partial charge < -0.3 is 5.32 Å². The second-order valence-corrected chi connectivity index (χ2v) is 7.23. The number of hydrogen-bond donors (Lipinski definition) is 1.